The van der Waals surface area contributed by atoms with Crippen molar-refractivity contribution in [1.29, 1.82) is 0 Å². The molecule has 0 unspecified atom stereocenters. The van der Waals surface area contributed by atoms with Crippen LogP contribution < -0.4 is 4.72 Å². The molecule has 0 bridgehead atoms. The Kier molecular flexibility index (Phi) is 8.40. The lowest BCUT2D eigenvalue weighted by Crippen LogP contribution is -2.45. The molecule has 0 aliphatic carbocycles. The fourth-order valence-corrected chi connectivity index (χ4v) is 5.25. The van der Waals surface area contributed by atoms with Gasteiger partial charge in [-0.1, -0.05) is 34.1 Å². The maximum atomic E-state index is 12.6. The molecule has 0 amide bonds. The van der Waals surface area contributed by atoms with Gasteiger partial charge in [0.25, 0.3) is 0 Å². The molecule has 154 valence electrons. The Balaban J connectivity index is 3.17. The highest BCUT2D eigenvalue weighted by molar-refractivity contribution is 7.89. The molecule has 0 heterocycles. The smallest absolute Gasteiger partial charge is 0.324 e. The highest BCUT2D eigenvalue weighted by atomic mass is 32.2. The van der Waals surface area contributed by atoms with Crippen molar-refractivity contribution in [1.82, 2.24) is 9.03 Å². The highest BCUT2D eigenvalue weighted by Gasteiger charge is 2.31. The second-order valence-corrected chi connectivity index (χ2v) is 9.72. The first kappa shape index (κ1) is 23.5. The fourth-order valence-electron chi connectivity index (χ4n) is 2.50. The zero-order valence-corrected chi connectivity index (χ0v) is 17.9. The minimum absolute atomic E-state index is 0.0107. The molecule has 0 fully saturated rings. The first-order valence-electron chi connectivity index (χ1n) is 8.75. The van der Waals surface area contributed by atoms with Gasteiger partial charge in [0, 0.05) is 13.1 Å². The lowest BCUT2D eigenvalue weighted by Gasteiger charge is -2.22. The van der Waals surface area contributed by atoms with Crippen LogP contribution in [0.5, 0.6) is 0 Å². The SMILES string of the molecule is CC[C@@H](C)[C@@H](NS(=O)(=O)c1ccc(S(=O)(=O)N(CC)CC)cc1)C(=O)OC. The second-order valence-electron chi connectivity index (χ2n) is 6.07. The first-order valence-corrected chi connectivity index (χ1v) is 11.7. The Bertz CT molecular complexity index is 831. The summed E-state index contributed by atoms with van der Waals surface area (Å²) in [5.74, 6) is -0.941. The van der Waals surface area contributed by atoms with Gasteiger partial charge >= 0.3 is 5.97 Å². The van der Waals surface area contributed by atoms with Gasteiger partial charge in [0.05, 0.1) is 16.9 Å². The lowest BCUT2D eigenvalue weighted by molar-refractivity contribution is -0.143. The standard InChI is InChI=1S/C17H28N2O6S2/c1-6-13(4)16(17(20)25-5)18-26(21,22)14-9-11-15(12-10-14)27(23,24)19(7-2)8-3/h9-13,16,18H,6-8H2,1-5H3/t13-,16-/m1/s1. The van der Waals surface area contributed by atoms with E-state index in [1.54, 1.807) is 20.8 Å². The molecule has 1 aromatic carbocycles. The van der Waals surface area contributed by atoms with Crippen molar-refractivity contribution < 1.29 is 26.4 Å². The minimum atomic E-state index is -4.02. The number of carbonyl (C=O) groups excluding carboxylic acids is 1. The van der Waals surface area contributed by atoms with E-state index in [2.05, 4.69) is 9.46 Å². The van der Waals surface area contributed by atoms with E-state index in [-0.39, 0.29) is 15.7 Å². The predicted octanol–water partition coefficient (Wildman–Crippen LogP) is 1.58. The van der Waals surface area contributed by atoms with Crippen LogP contribution in [0.1, 0.15) is 34.1 Å². The van der Waals surface area contributed by atoms with Gasteiger partial charge < -0.3 is 4.74 Å². The molecule has 1 rings (SSSR count). The Morgan fingerprint density at radius 3 is 1.93 bits per heavy atom. The Morgan fingerprint density at radius 2 is 1.52 bits per heavy atom. The van der Waals surface area contributed by atoms with Gasteiger partial charge in [-0.05, 0) is 30.2 Å². The third kappa shape index (κ3) is 5.50. The van der Waals surface area contributed by atoms with E-state index in [9.17, 15) is 21.6 Å². The zero-order chi connectivity index (χ0) is 20.8. The van der Waals surface area contributed by atoms with Crippen molar-refractivity contribution >= 4 is 26.0 Å². The van der Waals surface area contributed by atoms with Crippen LogP contribution in [0.25, 0.3) is 0 Å². The average Bonchev–Trinajstić information content (AvgIpc) is 2.65. The number of hydrogen-bond acceptors (Lipinski definition) is 6. The van der Waals surface area contributed by atoms with Crippen molar-refractivity contribution in [2.24, 2.45) is 5.92 Å². The highest BCUT2D eigenvalue weighted by Crippen LogP contribution is 2.20. The molecule has 0 spiro atoms. The second kappa shape index (κ2) is 9.63. The molecule has 8 nitrogen and oxygen atoms in total. The van der Waals surface area contributed by atoms with E-state index >= 15 is 0 Å². The molecule has 2 atom stereocenters. The van der Waals surface area contributed by atoms with E-state index in [0.29, 0.717) is 19.5 Å². The quantitative estimate of drug-likeness (QED) is 0.576. The summed E-state index contributed by atoms with van der Waals surface area (Å²) in [4.78, 5) is 11.8. The van der Waals surface area contributed by atoms with Crippen molar-refractivity contribution in [2.75, 3.05) is 20.2 Å². The van der Waals surface area contributed by atoms with Crippen LogP contribution in [-0.2, 0) is 29.6 Å². The van der Waals surface area contributed by atoms with Crippen molar-refractivity contribution in [3.63, 3.8) is 0 Å². The van der Waals surface area contributed by atoms with Gasteiger partial charge in [0.15, 0.2) is 0 Å². The number of ether oxygens (including phenoxy) is 1. The summed E-state index contributed by atoms with van der Waals surface area (Å²) in [5, 5.41) is 0. The minimum Gasteiger partial charge on any atom is -0.468 e. The average molecular weight is 421 g/mol. The van der Waals surface area contributed by atoms with Crippen LogP contribution in [0.15, 0.2) is 34.1 Å². The van der Waals surface area contributed by atoms with Gasteiger partial charge in [0.2, 0.25) is 20.0 Å². The maximum Gasteiger partial charge on any atom is 0.324 e. The van der Waals surface area contributed by atoms with Crippen molar-refractivity contribution in [3.05, 3.63) is 24.3 Å². The number of carbonyl (C=O) groups is 1. The topological polar surface area (TPSA) is 110 Å². The Hall–Kier alpha value is -1.49. The van der Waals surface area contributed by atoms with Crippen molar-refractivity contribution in [2.45, 2.75) is 49.9 Å². The van der Waals surface area contributed by atoms with Gasteiger partial charge in [-0.3, -0.25) is 4.79 Å². The van der Waals surface area contributed by atoms with E-state index in [1.165, 1.54) is 35.7 Å². The van der Waals surface area contributed by atoms with Gasteiger partial charge in [-0.15, -0.1) is 0 Å². The summed E-state index contributed by atoms with van der Waals surface area (Å²) in [6.45, 7) is 7.66. The molecule has 0 aliphatic rings. The molecule has 27 heavy (non-hydrogen) atoms. The van der Waals surface area contributed by atoms with Gasteiger partial charge in [-0.25, -0.2) is 16.8 Å². The molecular weight excluding hydrogens is 392 g/mol. The number of benzene rings is 1. The predicted molar refractivity (Wildman–Crippen MR) is 102 cm³/mol. The Morgan fingerprint density at radius 1 is 1.04 bits per heavy atom. The largest absolute Gasteiger partial charge is 0.468 e. The number of methoxy groups -OCH3 is 1. The molecule has 0 saturated heterocycles. The Labute approximate surface area is 162 Å². The molecule has 0 aromatic heterocycles. The van der Waals surface area contributed by atoms with Crippen molar-refractivity contribution in [3.8, 4) is 0 Å². The molecule has 0 aliphatic heterocycles. The molecular formula is C17H28N2O6S2. The number of esters is 1. The molecule has 1 N–H and O–H groups in total. The monoisotopic (exact) mass is 420 g/mol. The number of hydrogen-bond donors (Lipinski definition) is 1. The van der Waals surface area contributed by atoms with Crippen LogP contribution in [0.2, 0.25) is 0 Å². The first-order chi connectivity index (χ1) is 12.5. The van der Waals surface area contributed by atoms with Gasteiger partial charge in [0.1, 0.15) is 6.04 Å². The number of sulfonamides is 2. The van der Waals surface area contributed by atoms with E-state index in [0.717, 1.165) is 0 Å². The molecule has 0 radical (unpaired) electrons. The summed E-state index contributed by atoms with van der Waals surface area (Å²) in [6, 6.07) is 3.90. The molecule has 10 heteroatoms. The maximum absolute atomic E-state index is 12.6. The summed E-state index contributed by atoms with van der Waals surface area (Å²) < 4.78 is 58.5. The number of nitrogens with one attached hydrogen (secondary N) is 1. The number of rotatable bonds is 10. The summed E-state index contributed by atoms with van der Waals surface area (Å²) in [5.41, 5.74) is 0. The van der Waals surface area contributed by atoms with Crippen LogP contribution in [0.3, 0.4) is 0 Å². The third-order valence-electron chi connectivity index (χ3n) is 4.43. The summed E-state index contributed by atoms with van der Waals surface area (Å²) >= 11 is 0. The fraction of sp³-hybridized carbons (Fsp3) is 0.588. The molecule has 0 saturated carbocycles. The lowest BCUT2D eigenvalue weighted by atomic mass is 10.0. The zero-order valence-electron chi connectivity index (χ0n) is 16.3. The van der Waals surface area contributed by atoms with Crippen LogP contribution in [0, 0.1) is 5.92 Å². The summed E-state index contributed by atoms with van der Waals surface area (Å²) in [7, 11) is -6.51. The van der Waals surface area contributed by atoms with Crippen LogP contribution >= 0.6 is 0 Å². The van der Waals surface area contributed by atoms with E-state index in [4.69, 9.17) is 0 Å². The van der Waals surface area contributed by atoms with Gasteiger partial charge in [-0.2, -0.15) is 9.03 Å². The third-order valence-corrected chi connectivity index (χ3v) is 7.95. The number of nitrogens with zero attached hydrogens (tertiary/aromatic N) is 1. The summed E-state index contributed by atoms with van der Waals surface area (Å²) in [6.07, 6.45) is 0.573. The van der Waals surface area contributed by atoms with E-state index in [1.807, 2.05) is 6.92 Å². The molecule has 1 aromatic rings. The van der Waals surface area contributed by atoms with Crippen LogP contribution in [-0.4, -0.2) is 53.4 Å². The normalized spacial score (nSPS) is 14.7. The van der Waals surface area contributed by atoms with E-state index < -0.39 is 32.1 Å². The van der Waals surface area contributed by atoms with Crippen LogP contribution in [0.4, 0.5) is 0 Å².